The molecule has 0 aliphatic carbocycles. The highest BCUT2D eigenvalue weighted by Gasteiger charge is 2.27. The number of carbonyl (C=O) groups excluding carboxylic acids is 2. The van der Waals surface area contributed by atoms with Crippen LogP contribution in [0.25, 0.3) is 0 Å². The maximum Gasteiger partial charge on any atom is 0.322 e. The van der Waals surface area contributed by atoms with Crippen molar-refractivity contribution in [1.29, 1.82) is 0 Å². The largest absolute Gasteiger partial charge is 0.366 e. The minimum Gasteiger partial charge on any atom is -0.366 e. The Morgan fingerprint density at radius 1 is 1.14 bits per heavy atom. The predicted octanol–water partition coefficient (Wildman–Crippen LogP) is 2.12. The number of primary amides is 1. The van der Waals surface area contributed by atoms with Crippen LogP contribution in [-0.2, 0) is 0 Å². The number of anilines is 1. The van der Waals surface area contributed by atoms with Gasteiger partial charge < -0.3 is 25.8 Å². The molecule has 0 bridgehead atoms. The van der Waals surface area contributed by atoms with E-state index >= 15 is 0 Å². The molecule has 0 unspecified atom stereocenters. The molecule has 3 rings (SSSR count). The summed E-state index contributed by atoms with van der Waals surface area (Å²) in [6, 6.07) is 5.36. The maximum atomic E-state index is 13.0. The molecule has 1 atom stereocenters. The quantitative estimate of drug-likeness (QED) is 0.811. The van der Waals surface area contributed by atoms with Crippen molar-refractivity contribution in [3.8, 4) is 0 Å². The van der Waals surface area contributed by atoms with Crippen molar-refractivity contribution < 1.29 is 9.59 Å². The van der Waals surface area contributed by atoms with Crippen LogP contribution in [0.3, 0.4) is 0 Å². The van der Waals surface area contributed by atoms with E-state index in [0.717, 1.165) is 64.1 Å². The van der Waals surface area contributed by atoms with Crippen molar-refractivity contribution in [3.05, 3.63) is 29.3 Å². The zero-order chi connectivity index (χ0) is 20.1. The lowest BCUT2D eigenvalue weighted by atomic mass is 9.99. The zero-order valence-electron chi connectivity index (χ0n) is 17.1. The summed E-state index contributed by atoms with van der Waals surface area (Å²) in [6.07, 6.45) is 4.28. The average Bonchev–Trinajstić information content (AvgIpc) is 2.69. The van der Waals surface area contributed by atoms with Gasteiger partial charge >= 0.3 is 6.03 Å². The first-order chi connectivity index (χ1) is 13.4. The molecular weight excluding hydrogens is 354 g/mol. The highest BCUT2D eigenvalue weighted by atomic mass is 16.2. The number of benzene rings is 1. The van der Waals surface area contributed by atoms with Crippen molar-refractivity contribution in [2.75, 3.05) is 51.6 Å². The molecule has 0 radical (unpaired) electrons. The molecule has 154 valence electrons. The number of piperazine rings is 1. The summed E-state index contributed by atoms with van der Waals surface area (Å²) in [5.41, 5.74) is 7.36. The lowest BCUT2D eigenvalue weighted by Crippen LogP contribution is -2.49. The van der Waals surface area contributed by atoms with E-state index in [4.69, 9.17) is 5.73 Å². The summed E-state index contributed by atoms with van der Waals surface area (Å²) in [5, 5.41) is 3.01. The first-order valence-corrected chi connectivity index (χ1v) is 10.3. The van der Waals surface area contributed by atoms with Gasteiger partial charge in [0.2, 0.25) is 5.91 Å². The molecular formula is C21H33N5O2. The third kappa shape index (κ3) is 5.23. The van der Waals surface area contributed by atoms with Gasteiger partial charge in [0.05, 0.1) is 0 Å². The minimum absolute atomic E-state index is 0.0761. The van der Waals surface area contributed by atoms with E-state index in [9.17, 15) is 9.59 Å². The molecule has 2 fully saturated rings. The summed E-state index contributed by atoms with van der Waals surface area (Å²) in [7, 11) is 2.17. The van der Waals surface area contributed by atoms with Gasteiger partial charge in [-0.25, -0.2) is 4.79 Å². The van der Waals surface area contributed by atoms with Gasteiger partial charge in [0.25, 0.3) is 0 Å². The standard InChI is InChI=1S/C21H33N5O2/c1-16-6-7-17(20(22)27)15-19(16)23-21(28)26-9-4-3-5-18(26)8-10-25-13-11-24(2)12-14-25/h6-7,15,18H,3-5,8-14H2,1-2H3,(H2,22,27)(H,23,28)/t18-/m1/s1. The molecule has 3 N–H and O–H groups in total. The molecule has 2 heterocycles. The number of nitrogens with zero attached hydrogens (tertiary/aromatic N) is 3. The van der Waals surface area contributed by atoms with E-state index in [1.807, 2.05) is 17.9 Å². The predicted molar refractivity (Wildman–Crippen MR) is 112 cm³/mol. The van der Waals surface area contributed by atoms with Gasteiger partial charge in [0, 0.05) is 56.6 Å². The molecule has 0 spiro atoms. The summed E-state index contributed by atoms with van der Waals surface area (Å²) in [5.74, 6) is -0.487. The highest BCUT2D eigenvalue weighted by Crippen LogP contribution is 2.23. The van der Waals surface area contributed by atoms with Crippen molar-refractivity contribution in [3.63, 3.8) is 0 Å². The van der Waals surface area contributed by atoms with Gasteiger partial charge in [-0.3, -0.25) is 4.79 Å². The van der Waals surface area contributed by atoms with E-state index in [1.54, 1.807) is 12.1 Å². The van der Waals surface area contributed by atoms with E-state index in [1.165, 1.54) is 6.42 Å². The van der Waals surface area contributed by atoms with Gasteiger partial charge in [-0.15, -0.1) is 0 Å². The Kier molecular flexibility index (Phi) is 6.91. The van der Waals surface area contributed by atoms with Crippen LogP contribution in [0.4, 0.5) is 10.5 Å². The maximum absolute atomic E-state index is 13.0. The highest BCUT2D eigenvalue weighted by molar-refractivity contribution is 5.96. The minimum atomic E-state index is -0.487. The third-order valence-electron chi connectivity index (χ3n) is 6.03. The molecule has 0 aromatic heterocycles. The molecule has 1 aromatic carbocycles. The van der Waals surface area contributed by atoms with Crippen molar-refractivity contribution in [2.45, 2.75) is 38.6 Å². The fourth-order valence-electron chi connectivity index (χ4n) is 4.07. The van der Waals surface area contributed by atoms with Gasteiger partial charge in [0.1, 0.15) is 0 Å². The van der Waals surface area contributed by atoms with Crippen LogP contribution in [0.15, 0.2) is 18.2 Å². The van der Waals surface area contributed by atoms with Crippen LogP contribution in [0.5, 0.6) is 0 Å². The second-order valence-electron chi connectivity index (χ2n) is 8.10. The lowest BCUT2D eigenvalue weighted by Gasteiger charge is -2.38. The number of hydrogen-bond donors (Lipinski definition) is 2. The molecule has 7 nitrogen and oxygen atoms in total. The Hall–Kier alpha value is -2.12. The molecule has 2 aliphatic rings. The SMILES string of the molecule is Cc1ccc(C(N)=O)cc1NC(=O)N1CCCC[C@@H]1CCN1CCN(C)CC1. The van der Waals surface area contributed by atoms with Crippen molar-refractivity contribution >= 4 is 17.6 Å². The fraction of sp³-hybridized carbons (Fsp3) is 0.619. The van der Waals surface area contributed by atoms with E-state index in [0.29, 0.717) is 11.3 Å². The smallest absolute Gasteiger partial charge is 0.322 e. The Bertz CT molecular complexity index is 700. The monoisotopic (exact) mass is 387 g/mol. The first-order valence-electron chi connectivity index (χ1n) is 10.3. The normalized spacial score (nSPS) is 21.5. The number of nitrogens with one attached hydrogen (secondary N) is 1. The summed E-state index contributed by atoms with van der Waals surface area (Å²) in [6.45, 7) is 8.19. The Morgan fingerprint density at radius 2 is 1.89 bits per heavy atom. The van der Waals surface area contributed by atoms with Crippen LogP contribution >= 0.6 is 0 Å². The van der Waals surface area contributed by atoms with Gasteiger partial charge in [-0.2, -0.15) is 0 Å². The van der Waals surface area contributed by atoms with Crippen LogP contribution in [0.1, 0.15) is 41.6 Å². The van der Waals surface area contributed by atoms with Crippen LogP contribution < -0.4 is 11.1 Å². The number of piperidine rings is 1. The number of aryl methyl sites for hydroxylation is 1. The Balaban J connectivity index is 1.60. The third-order valence-corrected chi connectivity index (χ3v) is 6.03. The van der Waals surface area contributed by atoms with Gasteiger partial charge in [-0.05, 0) is 57.4 Å². The molecule has 3 amide bonds. The first kappa shape index (κ1) is 20.6. The van der Waals surface area contributed by atoms with E-state index in [2.05, 4.69) is 22.2 Å². The number of rotatable bonds is 5. The van der Waals surface area contributed by atoms with Crippen molar-refractivity contribution in [1.82, 2.24) is 14.7 Å². The number of amides is 3. The second kappa shape index (κ2) is 9.39. The average molecular weight is 388 g/mol. The molecule has 2 saturated heterocycles. The van der Waals surface area contributed by atoms with Crippen LogP contribution in [-0.4, -0.2) is 79.0 Å². The number of hydrogen-bond acceptors (Lipinski definition) is 4. The van der Waals surface area contributed by atoms with E-state index < -0.39 is 5.91 Å². The number of carbonyl (C=O) groups is 2. The molecule has 0 saturated carbocycles. The number of likely N-dealkylation sites (N-methyl/N-ethyl adjacent to an activating group) is 1. The van der Waals surface area contributed by atoms with Crippen LogP contribution in [0.2, 0.25) is 0 Å². The lowest BCUT2D eigenvalue weighted by molar-refractivity contribution is 0.1000. The van der Waals surface area contributed by atoms with Gasteiger partial charge in [0.15, 0.2) is 0 Å². The fourth-order valence-corrected chi connectivity index (χ4v) is 4.07. The number of nitrogens with two attached hydrogens (primary N) is 1. The topological polar surface area (TPSA) is 81.9 Å². The zero-order valence-corrected chi connectivity index (χ0v) is 17.1. The van der Waals surface area contributed by atoms with Crippen molar-refractivity contribution in [2.24, 2.45) is 5.73 Å². The Morgan fingerprint density at radius 3 is 2.61 bits per heavy atom. The molecule has 2 aliphatic heterocycles. The van der Waals surface area contributed by atoms with E-state index in [-0.39, 0.29) is 12.1 Å². The number of likely N-dealkylation sites (tertiary alicyclic amines) is 1. The molecule has 1 aromatic rings. The Labute approximate surface area is 167 Å². The summed E-state index contributed by atoms with van der Waals surface area (Å²) >= 11 is 0. The molecule has 7 heteroatoms. The summed E-state index contributed by atoms with van der Waals surface area (Å²) in [4.78, 5) is 31.3. The van der Waals surface area contributed by atoms with Crippen LogP contribution in [0, 0.1) is 6.92 Å². The molecule has 28 heavy (non-hydrogen) atoms. The van der Waals surface area contributed by atoms with Gasteiger partial charge in [-0.1, -0.05) is 6.07 Å². The summed E-state index contributed by atoms with van der Waals surface area (Å²) < 4.78 is 0. The number of urea groups is 1. The second-order valence-corrected chi connectivity index (χ2v) is 8.10.